The molecular formula is C13H6BrClN2O3. The molecule has 0 heterocycles. The summed E-state index contributed by atoms with van der Waals surface area (Å²) in [6.45, 7) is 0. The normalized spacial score (nSPS) is 9.85. The van der Waals surface area contributed by atoms with Crippen molar-refractivity contribution in [1.29, 1.82) is 5.26 Å². The Balaban J connectivity index is 2.51. The van der Waals surface area contributed by atoms with Gasteiger partial charge in [-0.25, -0.2) is 0 Å². The van der Waals surface area contributed by atoms with Gasteiger partial charge >= 0.3 is 5.69 Å². The Bertz CT molecular complexity index is 728. The lowest BCUT2D eigenvalue weighted by atomic mass is 10.2. The summed E-state index contributed by atoms with van der Waals surface area (Å²) in [5, 5.41) is 20.1. The molecule has 0 unspecified atom stereocenters. The van der Waals surface area contributed by atoms with Crippen LogP contribution in [0.5, 0.6) is 11.5 Å². The predicted molar refractivity (Wildman–Crippen MR) is 77.0 cm³/mol. The zero-order chi connectivity index (χ0) is 14.7. The summed E-state index contributed by atoms with van der Waals surface area (Å²) in [6, 6.07) is 10.9. The summed E-state index contributed by atoms with van der Waals surface area (Å²) in [6.07, 6.45) is 0. The Morgan fingerprint density at radius 2 is 2.10 bits per heavy atom. The highest BCUT2D eigenvalue weighted by molar-refractivity contribution is 9.10. The van der Waals surface area contributed by atoms with Gasteiger partial charge in [0.1, 0.15) is 11.8 Å². The molecule has 2 aromatic rings. The van der Waals surface area contributed by atoms with Gasteiger partial charge in [-0.1, -0.05) is 33.6 Å². The van der Waals surface area contributed by atoms with Crippen LogP contribution in [0.4, 0.5) is 5.69 Å². The van der Waals surface area contributed by atoms with Crippen LogP contribution in [0.3, 0.4) is 0 Å². The SMILES string of the molecule is N#Cc1cc(Br)ccc1Oc1c(Cl)cccc1[N+](=O)[O-]. The van der Waals surface area contributed by atoms with E-state index in [0.717, 1.165) is 0 Å². The van der Waals surface area contributed by atoms with Gasteiger partial charge in [0.15, 0.2) is 0 Å². The maximum absolute atomic E-state index is 11.0. The van der Waals surface area contributed by atoms with E-state index >= 15 is 0 Å². The van der Waals surface area contributed by atoms with E-state index in [1.165, 1.54) is 24.3 Å². The zero-order valence-electron chi connectivity index (χ0n) is 9.84. The highest BCUT2D eigenvalue weighted by atomic mass is 79.9. The fourth-order valence-electron chi connectivity index (χ4n) is 1.53. The van der Waals surface area contributed by atoms with Crippen LogP contribution in [0.25, 0.3) is 0 Å². The Kier molecular flexibility index (Phi) is 4.23. The third-order valence-electron chi connectivity index (χ3n) is 2.42. The molecule has 0 atom stereocenters. The molecule has 0 N–H and O–H groups in total. The lowest BCUT2D eigenvalue weighted by Gasteiger charge is -2.09. The summed E-state index contributed by atoms with van der Waals surface area (Å²) < 4.78 is 6.17. The molecule has 5 nitrogen and oxygen atoms in total. The van der Waals surface area contributed by atoms with Gasteiger partial charge in [0.25, 0.3) is 0 Å². The Hall–Kier alpha value is -2.10. The second-order valence-corrected chi connectivity index (χ2v) is 5.02. The minimum Gasteiger partial charge on any atom is -0.447 e. The number of benzene rings is 2. The average Bonchev–Trinajstić information content (AvgIpc) is 2.42. The number of nitrogens with zero attached hydrogens (tertiary/aromatic N) is 2. The summed E-state index contributed by atoms with van der Waals surface area (Å²) in [7, 11) is 0. The van der Waals surface area contributed by atoms with Crippen LogP contribution in [0, 0.1) is 21.4 Å². The maximum Gasteiger partial charge on any atom is 0.313 e. The van der Waals surface area contributed by atoms with Crippen molar-refractivity contribution in [2.45, 2.75) is 0 Å². The molecule has 100 valence electrons. The summed E-state index contributed by atoms with van der Waals surface area (Å²) in [5.41, 5.74) is -0.0158. The van der Waals surface area contributed by atoms with Crippen molar-refractivity contribution >= 4 is 33.2 Å². The molecular weight excluding hydrogens is 348 g/mol. The summed E-state index contributed by atoms with van der Waals surface area (Å²) >= 11 is 9.16. The highest BCUT2D eigenvalue weighted by Crippen LogP contribution is 2.39. The number of hydrogen-bond donors (Lipinski definition) is 0. The first-order valence-electron chi connectivity index (χ1n) is 5.33. The molecule has 0 spiro atoms. The first-order chi connectivity index (χ1) is 9.52. The standard InChI is InChI=1S/C13H6BrClN2O3/c14-9-4-5-12(8(6-9)7-16)20-13-10(15)2-1-3-11(13)17(18)19/h1-6H. The van der Waals surface area contributed by atoms with Crippen molar-refractivity contribution in [3.8, 4) is 17.6 Å². The molecule has 0 aliphatic rings. The smallest absolute Gasteiger partial charge is 0.313 e. The van der Waals surface area contributed by atoms with Crippen LogP contribution in [-0.4, -0.2) is 4.92 Å². The maximum atomic E-state index is 11.0. The Morgan fingerprint density at radius 3 is 2.75 bits per heavy atom. The van der Waals surface area contributed by atoms with Gasteiger partial charge in [0.2, 0.25) is 5.75 Å². The highest BCUT2D eigenvalue weighted by Gasteiger charge is 2.20. The van der Waals surface area contributed by atoms with Crippen LogP contribution in [0.2, 0.25) is 5.02 Å². The van der Waals surface area contributed by atoms with E-state index in [4.69, 9.17) is 21.6 Å². The van der Waals surface area contributed by atoms with Gasteiger partial charge in [-0.15, -0.1) is 0 Å². The van der Waals surface area contributed by atoms with Crippen molar-refractivity contribution < 1.29 is 9.66 Å². The Morgan fingerprint density at radius 1 is 1.35 bits per heavy atom. The molecule has 0 aliphatic heterocycles. The topological polar surface area (TPSA) is 76.2 Å². The van der Waals surface area contributed by atoms with Crippen LogP contribution < -0.4 is 4.74 Å². The van der Waals surface area contributed by atoms with Crippen LogP contribution in [-0.2, 0) is 0 Å². The average molecular weight is 354 g/mol. The molecule has 0 saturated carbocycles. The predicted octanol–water partition coefficient (Wildman–Crippen LogP) is 4.67. The molecule has 2 rings (SSSR count). The molecule has 7 heteroatoms. The quantitative estimate of drug-likeness (QED) is 0.593. The van der Waals surface area contributed by atoms with E-state index in [-0.39, 0.29) is 27.8 Å². The molecule has 0 amide bonds. The van der Waals surface area contributed by atoms with E-state index in [1.54, 1.807) is 12.1 Å². The molecule has 0 aromatic heterocycles. The van der Waals surface area contributed by atoms with Gasteiger partial charge in [-0.2, -0.15) is 5.26 Å². The van der Waals surface area contributed by atoms with Crippen molar-refractivity contribution in [3.05, 3.63) is 61.6 Å². The molecule has 0 radical (unpaired) electrons. The van der Waals surface area contributed by atoms with Crippen LogP contribution in [0.15, 0.2) is 40.9 Å². The van der Waals surface area contributed by atoms with Gasteiger partial charge in [-0.3, -0.25) is 10.1 Å². The fourth-order valence-corrected chi connectivity index (χ4v) is 2.10. The number of para-hydroxylation sites is 1. The van der Waals surface area contributed by atoms with E-state index in [9.17, 15) is 10.1 Å². The van der Waals surface area contributed by atoms with Gasteiger partial charge in [-0.05, 0) is 24.3 Å². The lowest BCUT2D eigenvalue weighted by molar-refractivity contribution is -0.385. The molecule has 20 heavy (non-hydrogen) atoms. The van der Waals surface area contributed by atoms with Gasteiger partial charge in [0.05, 0.1) is 15.5 Å². The zero-order valence-corrected chi connectivity index (χ0v) is 12.2. The number of nitriles is 1. The molecule has 0 bridgehead atoms. The summed E-state index contributed by atoms with van der Waals surface area (Å²) in [4.78, 5) is 10.4. The minimum absolute atomic E-state index is 0.0852. The third kappa shape index (κ3) is 2.90. The van der Waals surface area contributed by atoms with Crippen LogP contribution in [0.1, 0.15) is 5.56 Å². The fraction of sp³-hybridized carbons (Fsp3) is 0. The first kappa shape index (κ1) is 14.3. The molecule has 0 aliphatic carbocycles. The number of nitro groups is 1. The Labute approximate surface area is 127 Å². The van der Waals surface area contributed by atoms with Crippen molar-refractivity contribution in [3.63, 3.8) is 0 Å². The van der Waals surface area contributed by atoms with E-state index in [0.29, 0.717) is 4.47 Å². The molecule has 2 aromatic carbocycles. The number of halogens is 2. The number of nitro benzene ring substituents is 1. The number of ether oxygens (including phenoxy) is 1. The van der Waals surface area contributed by atoms with Crippen molar-refractivity contribution in [2.24, 2.45) is 0 Å². The minimum atomic E-state index is -0.591. The summed E-state index contributed by atoms with van der Waals surface area (Å²) in [5.74, 6) is 0.116. The number of rotatable bonds is 3. The first-order valence-corrected chi connectivity index (χ1v) is 6.50. The second kappa shape index (κ2) is 5.90. The monoisotopic (exact) mass is 352 g/mol. The van der Waals surface area contributed by atoms with Crippen molar-refractivity contribution in [1.82, 2.24) is 0 Å². The van der Waals surface area contributed by atoms with Gasteiger partial charge < -0.3 is 4.74 Å². The van der Waals surface area contributed by atoms with Crippen LogP contribution >= 0.6 is 27.5 Å². The largest absolute Gasteiger partial charge is 0.447 e. The van der Waals surface area contributed by atoms with Crippen molar-refractivity contribution in [2.75, 3.05) is 0 Å². The third-order valence-corrected chi connectivity index (χ3v) is 3.21. The molecule has 0 saturated heterocycles. The van der Waals surface area contributed by atoms with Gasteiger partial charge in [0, 0.05) is 10.5 Å². The van der Waals surface area contributed by atoms with E-state index < -0.39 is 4.92 Å². The van der Waals surface area contributed by atoms with E-state index in [1.807, 2.05) is 6.07 Å². The lowest BCUT2D eigenvalue weighted by Crippen LogP contribution is -1.95. The van der Waals surface area contributed by atoms with E-state index in [2.05, 4.69) is 15.9 Å². The second-order valence-electron chi connectivity index (χ2n) is 3.70. The number of hydrogen-bond acceptors (Lipinski definition) is 4. The molecule has 0 fully saturated rings.